The van der Waals surface area contributed by atoms with Crippen molar-refractivity contribution in [3.63, 3.8) is 0 Å². The van der Waals surface area contributed by atoms with E-state index in [2.05, 4.69) is 38.8 Å². The van der Waals surface area contributed by atoms with E-state index in [-0.39, 0.29) is 6.04 Å². The van der Waals surface area contributed by atoms with Crippen molar-refractivity contribution in [2.75, 3.05) is 31.9 Å². The molecule has 3 rings (SSSR count). The van der Waals surface area contributed by atoms with Gasteiger partial charge < -0.3 is 11.1 Å². The van der Waals surface area contributed by atoms with E-state index in [1.807, 2.05) is 6.07 Å². The Morgan fingerprint density at radius 3 is 2.79 bits per heavy atom. The van der Waals surface area contributed by atoms with Crippen molar-refractivity contribution in [2.45, 2.75) is 6.04 Å². The van der Waals surface area contributed by atoms with Gasteiger partial charge in [0.25, 0.3) is 0 Å². The van der Waals surface area contributed by atoms with Crippen molar-refractivity contribution in [3.05, 3.63) is 46.3 Å². The van der Waals surface area contributed by atoms with E-state index in [0.29, 0.717) is 5.82 Å². The minimum Gasteiger partial charge on any atom is -0.383 e. The summed E-state index contributed by atoms with van der Waals surface area (Å²) in [6.07, 6.45) is 1.75. The zero-order valence-corrected chi connectivity index (χ0v) is 11.6. The summed E-state index contributed by atoms with van der Waals surface area (Å²) in [5.74, 6) is 0.638. The fourth-order valence-electron chi connectivity index (χ4n) is 2.58. The van der Waals surface area contributed by atoms with Gasteiger partial charge >= 0.3 is 0 Å². The van der Waals surface area contributed by atoms with Crippen LogP contribution in [0.5, 0.6) is 0 Å². The molecule has 1 fully saturated rings. The lowest BCUT2D eigenvalue weighted by Gasteiger charge is -2.35. The van der Waals surface area contributed by atoms with Crippen LogP contribution in [0.3, 0.4) is 0 Å². The second-order valence-corrected chi connectivity index (χ2v) is 5.66. The van der Waals surface area contributed by atoms with E-state index in [4.69, 9.17) is 5.73 Å². The number of piperazine rings is 1. The van der Waals surface area contributed by atoms with E-state index >= 15 is 0 Å². The van der Waals surface area contributed by atoms with Crippen molar-refractivity contribution in [3.8, 4) is 0 Å². The third kappa shape index (κ3) is 2.63. The van der Waals surface area contributed by atoms with Crippen LogP contribution >= 0.6 is 11.3 Å². The molecule has 0 amide bonds. The van der Waals surface area contributed by atoms with Crippen LogP contribution in [-0.2, 0) is 0 Å². The number of anilines is 1. The van der Waals surface area contributed by atoms with Crippen LogP contribution in [0.15, 0.2) is 35.8 Å². The molecule has 4 nitrogen and oxygen atoms in total. The monoisotopic (exact) mass is 274 g/mol. The molecule has 0 radical (unpaired) electrons. The van der Waals surface area contributed by atoms with Gasteiger partial charge in [0.15, 0.2) is 0 Å². The molecule has 100 valence electrons. The lowest BCUT2D eigenvalue weighted by Crippen LogP contribution is -2.45. The fourth-order valence-corrected chi connectivity index (χ4v) is 3.45. The number of nitrogens with zero attached hydrogens (tertiary/aromatic N) is 2. The molecule has 1 atom stereocenters. The van der Waals surface area contributed by atoms with Gasteiger partial charge in [-0.25, -0.2) is 4.98 Å². The molecule has 5 heteroatoms. The Balaban J connectivity index is 1.99. The Kier molecular flexibility index (Phi) is 3.77. The Morgan fingerprint density at radius 2 is 2.11 bits per heavy atom. The lowest BCUT2D eigenvalue weighted by atomic mass is 10.0. The van der Waals surface area contributed by atoms with Gasteiger partial charge in [-0.2, -0.15) is 0 Å². The molecule has 1 aliphatic heterocycles. The summed E-state index contributed by atoms with van der Waals surface area (Å²) in [6, 6.07) is 8.57. The average Bonchev–Trinajstić information content (AvgIpc) is 2.96. The normalized spacial score (nSPS) is 18.3. The highest BCUT2D eigenvalue weighted by Crippen LogP contribution is 2.33. The van der Waals surface area contributed by atoms with Gasteiger partial charge in [-0.05, 0) is 17.5 Å². The highest BCUT2D eigenvalue weighted by molar-refractivity contribution is 7.10. The molecule has 0 unspecified atom stereocenters. The van der Waals surface area contributed by atoms with Gasteiger partial charge in [-0.15, -0.1) is 11.3 Å². The third-order valence-electron chi connectivity index (χ3n) is 3.50. The number of aromatic nitrogens is 1. The zero-order valence-electron chi connectivity index (χ0n) is 10.7. The molecule has 1 aliphatic rings. The van der Waals surface area contributed by atoms with Gasteiger partial charge in [0.2, 0.25) is 0 Å². The number of hydrogen-bond acceptors (Lipinski definition) is 5. The number of nitrogens with one attached hydrogen (secondary N) is 1. The van der Waals surface area contributed by atoms with Crippen molar-refractivity contribution in [1.29, 1.82) is 0 Å². The van der Waals surface area contributed by atoms with Crippen molar-refractivity contribution < 1.29 is 0 Å². The Labute approximate surface area is 117 Å². The molecule has 19 heavy (non-hydrogen) atoms. The molecule has 2 aromatic heterocycles. The number of rotatable bonds is 3. The first-order valence-electron chi connectivity index (χ1n) is 6.55. The summed E-state index contributed by atoms with van der Waals surface area (Å²) in [5, 5.41) is 5.52. The van der Waals surface area contributed by atoms with Crippen LogP contribution < -0.4 is 11.1 Å². The zero-order chi connectivity index (χ0) is 13.1. The van der Waals surface area contributed by atoms with Gasteiger partial charge in [0.05, 0.1) is 6.04 Å². The van der Waals surface area contributed by atoms with Crippen LogP contribution in [0, 0.1) is 0 Å². The second-order valence-electron chi connectivity index (χ2n) is 4.68. The van der Waals surface area contributed by atoms with Crippen LogP contribution in [-0.4, -0.2) is 36.1 Å². The average molecular weight is 274 g/mol. The van der Waals surface area contributed by atoms with Crippen molar-refractivity contribution in [2.24, 2.45) is 0 Å². The fraction of sp³-hybridized carbons (Fsp3) is 0.357. The number of pyridine rings is 1. The largest absolute Gasteiger partial charge is 0.383 e. The van der Waals surface area contributed by atoms with E-state index in [9.17, 15) is 0 Å². The summed E-state index contributed by atoms with van der Waals surface area (Å²) in [4.78, 5) is 8.06. The highest BCUT2D eigenvalue weighted by atomic mass is 32.1. The lowest BCUT2D eigenvalue weighted by molar-refractivity contribution is 0.201. The summed E-state index contributed by atoms with van der Waals surface area (Å²) >= 11 is 1.78. The minimum absolute atomic E-state index is 0.232. The SMILES string of the molecule is Nc1ncccc1[C@@H](c1cccs1)N1CCNCC1. The molecule has 3 heterocycles. The molecular weight excluding hydrogens is 256 g/mol. The summed E-state index contributed by atoms with van der Waals surface area (Å²) in [6.45, 7) is 4.14. The number of hydrogen-bond donors (Lipinski definition) is 2. The highest BCUT2D eigenvalue weighted by Gasteiger charge is 2.26. The van der Waals surface area contributed by atoms with Gasteiger partial charge in [-0.3, -0.25) is 4.90 Å². The molecule has 3 N–H and O–H groups in total. The maximum Gasteiger partial charge on any atom is 0.128 e. The first kappa shape index (κ1) is 12.6. The maximum atomic E-state index is 6.09. The predicted molar refractivity (Wildman–Crippen MR) is 79.3 cm³/mol. The van der Waals surface area contributed by atoms with E-state index in [0.717, 1.165) is 31.7 Å². The smallest absolute Gasteiger partial charge is 0.128 e. The summed E-state index contributed by atoms with van der Waals surface area (Å²) in [5.41, 5.74) is 7.20. The van der Waals surface area contributed by atoms with Gasteiger partial charge in [0, 0.05) is 42.8 Å². The van der Waals surface area contributed by atoms with Crippen LogP contribution in [0.2, 0.25) is 0 Å². The molecule has 0 saturated carbocycles. The predicted octanol–water partition coefficient (Wildman–Crippen LogP) is 1.72. The molecule has 0 aliphatic carbocycles. The molecule has 0 aromatic carbocycles. The first-order chi connectivity index (χ1) is 9.36. The molecule has 2 aromatic rings. The second kappa shape index (κ2) is 5.69. The van der Waals surface area contributed by atoms with Crippen LogP contribution in [0.1, 0.15) is 16.5 Å². The quantitative estimate of drug-likeness (QED) is 0.895. The van der Waals surface area contributed by atoms with Crippen LogP contribution in [0.25, 0.3) is 0 Å². The number of thiophene rings is 1. The Bertz CT molecular complexity index is 520. The molecule has 0 bridgehead atoms. The minimum atomic E-state index is 0.232. The number of nitrogen functional groups attached to an aromatic ring is 1. The topological polar surface area (TPSA) is 54.2 Å². The Morgan fingerprint density at radius 1 is 1.26 bits per heavy atom. The molecule has 1 saturated heterocycles. The molecular formula is C14H18N4S. The first-order valence-corrected chi connectivity index (χ1v) is 7.43. The standard InChI is InChI=1S/C14H18N4S/c15-14-11(3-1-5-17-14)13(12-4-2-10-19-12)18-8-6-16-7-9-18/h1-5,10,13,16H,6-9H2,(H2,15,17)/t13-/m0/s1. The number of nitrogens with two attached hydrogens (primary N) is 1. The Hall–Kier alpha value is -1.43. The van der Waals surface area contributed by atoms with E-state index in [1.54, 1.807) is 17.5 Å². The van der Waals surface area contributed by atoms with E-state index in [1.165, 1.54) is 4.88 Å². The molecule has 0 spiro atoms. The summed E-state index contributed by atoms with van der Waals surface area (Å²) in [7, 11) is 0. The maximum absolute atomic E-state index is 6.09. The van der Waals surface area contributed by atoms with Crippen molar-refractivity contribution >= 4 is 17.2 Å². The summed E-state index contributed by atoms with van der Waals surface area (Å²) < 4.78 is 0. The van der Waals surface area contributed by atoms with E-state index < -0.39 is 0 Å². The van der Waals surface area contributed by atoms with Crippen LogP contribution in [0.4, 0.5) is 5.82 Å². The third-order valence-corrected chi connectivity index (χ3v) is 4.42. The van der Waals surface area contributed by atoms with Gasteiger partial charge in [0.1, 0.15) is 5.82 Å². The van der Waals surface area contributed by atoms with Crippen molar-refractivity contribution in [1.82, 2.24) is 15.2 Å². The van der Waals surface area contributed by atoms with Gasteiger partial charge in [-0.1, -0.05) is 12.1 Å².